The first-order valence-corrected chi connectivity index (χ1v) is 7.72. The molecular weight excluding hydrogens is 192 g/mol. The molecule has 1 unspecified atom stereocenters. The average Bonchev–Trinajstić information content (AvgIpc) is 2.26. The molecule has 0 aromatic heterocycles. The van der Waals surface area contributed by atoms with Gasteiger partial charge in [-0.1, -0.05) is 91.9 Å². The summed E-state index contributed by atoms with van der Waals surface area (Å²) in [6.45, 7) is 9.40. The van der Waals surface area contributed by atoms with E-state index < -0.39 is 0 Å². The fourth-order valence-electron chi connectivity index (χ4n) is 2.46. The molecule has 0 aliphatic rings. The van der Waals surface area contributed by atoms with Crippen molar-refractivity contribution in [3.05, 3.63) is 0 Å². The Balaban J connectivity index is 3.44. The first-order valence-electron chi connectivity index (χ1n) is 7.72. The molecule has 0 aromatic carbocycles. The zero-order chi connectivity index (χ0) is 12.2. The van der Waals surface area contributed by atoms with Crippen LogP contribution < -0.4 is 0 Å². The van der Waals surface area contributed by atoms with Crippen LogP contribution in [0.1, 0.15) is 91.9 Å². The maximum absolute atomic E-state index is 2.40. The molecule has 0 bridgehead atoms. The Kier molecular flexibility index (Phi) is 11.5. The van der Waals surface area contributed by atoms with Crippen LogP contribution in [0.15, 0.2) is 0 Å². The molecule has 98 valence electrons. The Labute approximate surface area is 104 Å². The van der Waals surface area contributed by atoms with Gasteiger partial charge >= 0.3 is 0 Å². The summed E-state index contributed by atoms with van der Waals surface area (Å²) in [4.78, 5) is 0. The van der Waals surface area contributed by atoms with Crippen molar-refractivity contribution in [2.24, 2.45) is 11.8 Å². The van der Waals surface area contributed by atoms with Crippen molar-refractivity contribution < 1.29 is 0 Å². The van der Waals surface area contributed by atoms with E-state index in [0.717, 1.165) is 11.8 Å². The second-order valence-electron chi connectivity index (χ2n) is 5.70. The summed E-state index contributed by atoms with van der Waals surface area (Å²) in [5.74, 6) is 1.88. The second kappa shape index (κ2) is 11.5. The first-order chi connectivity index (χ1) is 7.72. The van der Waals surface area contributed by atoms with Gasteiger partial charge in [0.2, 0.25) is 0 Å². The van der Waals surface area contributed by atoms with Crippen LogP contribution in [-0.4, -0.2) is 0 Å². The molecule has 0 saturated heterocycles. The van der Waals surface area contributed by atoms with Gasteiger partial charge in [0.1, 0.15) is 0 Å². The van der Waals surface area contributed by atoms with Gasteiger partial charge in [-0.2, -0.15) is 0 Å². The fraction of sp³-hybridized carbons (Fsp3) is 1.00. The van der Waals surface area contributed by atoms with E-state index in [1.165, 1.54) is 64.2 Å². The topological polar surface area (TPSA) is 0 Å². The van der Waals surface area contributed by atoms with Crippen molar-refractivity contribution in [2.75, 3.05) is 0 Å². The van der Waals surface area contributed by atoms with Crippen LogP contribution in [0.3, 0.4) is 0 Å². The molecule has 0 aromatic rings. The summed E-state index contributed by atoms with van der Waals surface area (Å²) in [5, 5.41) is 0. The van der Waals surface area contributed by atoms with Crippen molar-refractivity contribution >= 4 is 0 Å². The summed E-state index contributed by atoms with van der Waals surface area (Å²) in [7, 11) is 0. The predicted molar refractivity (Wildman–Crippen MR) is 75.8 cm³/mol. The highest BCUT2D eigenvalue weighted by molar-refractivity contribution is 4.63. The molecule has 0 saturated carbocycles. The maximum Gasteiger partial charge on any atom is -0.0391 e. The molecule has 0 aliphatic heterocycles. The van der Waals surface area contributed by atoms with Gasteiger partial charge < -0.3 is 0 Å². The summed E-state index contributed by atoms with van der Waals surface area (Å²) in [5.41, 5.74) is 0. The molecule has 0 heteroatoms. The number of hydrogen-bond acceptors (Lipinski definition) is 0. The minimum Gasteiger partial charge on any atom is -0.0654 e. The van der Waals surface area contributed by atoms with Crippen LogP contribution in [0.4, 0.5) is 0 Å². The largest absolute Gasteiger partial charge is 0.0654 e. The molecule has 16 heavy (non-hydrogen) atoms. The van der Waals surface area contributed by atoms with Gasteiger partial charge in [-0.3, -0.25) is 0 Å². The Bertz CT molecular complexity index is 126. The molecule has 0 amide bonds. The van der Waals surface area contributed by atoms with Gasteiger partial charge in [0, 0.05) is 0 Å². The van der Waals surface area contributed by atoms with Crippen LogP contribution in [0.5, 0.6) is 0 Å². The normalized spacial score (nSPS) is 13.3. The Morgan fingerprint density at radius 1 is 0.625 bits per heavy atom. The molecule has 0 nitrogen and oxygen atoms in total. The molecule has 0 heterocycles. The lowest BCUT2D eigenvalue weighted by Gasteiger charge is -2.20. The van der Waals surface area contributed by atoms with Gasteiger partial charge in [0.25, 0.3) is 0 Å². The zero-order valence-electron chi connectivity index (χ0n) is 12.2. The van der Waals surface area contributed by atoms with E-state index in [2.05, 4.69) is 27.7 Å². The summed E-state index contributed by atoms with van der Waals surface area (Å²) >= 11 is 0. The SMILES string of the molecule is CCCCCCCCC(CCCC)C(C)C. The molecule has 0 radical (unpaired) electrons. The number of rotatable bonds is 11. The molecule has 0 aliphatic carbocycles. The zero-order valence-corrected chi connectivity index (χ0v) is 12.2. The summed E-state index contributed by atoms with van der Waals surface area (Å²) in [6.07, 6.45) is 14.4. The van der Waals surface area contributed by atoms with E-state index in [0.29, 0.717) is 0 Å². The van der Waals surface area contributed by atoms with Gasteiger partial charge in [0.15, 0.2) is 0 Å². The maximum atomic E-state index is 2.40. The molecule has 0 fully saturated rings. The van der Waals surface area contributed by atoms with E-state index in [1.807, 2.05) is 0 Å². The van der Waals surface area contributed by atoms with Crippen molar-refractivity contribution in [1.82, 2.24) is 0 Å². The summed E-state index contributed by atoms with van der Waals surface area (Å²) < 4.78 is 0. The highest BCUT2D eigenvalue weighted by Crippen LogP contribution is 2.24. The van der Waals surface area contributed by atoms with E-state index in [4.69, 9.17) is 0 Å². The minimum atomic E-state index is 0.891. The van der Waals surface area contributed by atoms with Gasteiger partial charge in [0.05, 0.1) is 0 Å². The van der Waals surface area contributed by atoms with Crippen LogP contribution in [-0.2, 0) is 0 Å². The average molecular weight is 226 g/mol. The fourth-order valence-corrected chi connectivity index (χ4v) is 2.46. The molecule has 0 spiro atoms. The minimum absolute atomic E-state index is 0.891. The standard InChI is InChI=1S/C16H34/c1-5-7-9-10-11-12-14-16(15(3)4)13-8-6-2/h15-16H,5-14H2,1-4H3. The molecule has 1 atom stereocenters. The van der Waals surface area contributed by atoms with E-state index in [1.54, 1.807) is 0 Å². The smallest absolute Gasteiger partial charge is 0.0391 e. The highest BCUT2D eigenvalue weighted by Gasteiger charge is 2.11. The van der Waals surface area contributed by atoms with Crippen LogP contribution >= 0.6 is 0 Å². The first kappa shape index (κ1) is 16.0. The van der Waals surface area contributed by atoms with Gasteiger partial charge in [-0.25, -0.2) is 0 Å². The lowest BCUT2D eigenvalue weighted by atomic mass is 9.86. The number of unbranched alkanes of at least 4 members (excludes halogenated alkanes) is 6. The van der Waals surface area contributed by atoms with E-state index in [9.17, 15) is 0 Å². The third-order valence-electron chi connectivity index (χ3n) is 3.80. The lowest BCUT2D eigenvalue weighted by molar-refractivity contribution is 0.316. The Morgan fingerprint density at radius 2 is 1.12 bits per heavy atom. The predicted octanol–water partition coefficient (Wildman–Crippen LogP) is 6.20. The van der Waals surface area contributed by atoms with Crippen molar-refractivity contribution in [2.45, 2.75) is 91.9 Å². The highest BCUT2D eigenvalue weighted by atomic mass is 14.2. The lowest BCUT2D eigenvalue weighted by Crippen LogP contribution is -2.08. The van der Waals surface area contributed by atoms with E-state index >= 15 is 0 Å². The van der Waals surface area contributed by atoms with E-state index in [-0.39, 0.29) is 0 Å². The Hall–Kier alpha value is 0. The van der Waals surface area contributed by atoms with Gasteiger partial charge in [-0.15, -0.1) is 0 Å². The van der Waals surface area contributed by atoms with Crippen molar-refractivity contribution in [1.29, 1.82) is 0 Å². The van der Waals surface area contributed by atoms with Crippen LogP contribution in [0.25, 0.3) is 0 Å². The third kappa shape index (κ3) is 9.24. The molecule has 0 rings (SSSR count). The molecular formula is C16H34. The van der Waals surface area contributed by atoms with Gasteiger partial charge in [-0.05, 0) is 11.8 Å². The Morgan fingerprint density at radius 3 is 1.69 bits per heavy atom. The quantitative estimate of drug-likeness (QED) is 0.368. The third-order valence-corrected chi connectivity index (χ3v) is 3.80. The van der Waals surface area contributed by atoms with Crippen molar-refractivity contribution in [3.8, 4) is 0 Å². The molecule has 0 N–H and O–H groups in total. The summed E-state index contributed by atoms with van der Waals surface area (Å²) in [6, 6.07) is 0. The van der Waals surface area contributed by atoms with Crippen LogP contribution in [0, 0.1) is 11.8 Å². The second-order valence-corrected chi connectivity index (χ2v) is 5.70. The van der Waals surface area contributed by atoms with Crippen molar-refractivity contribution in [3.63, 3.8) is 0 Å². The van der Waals surface area contributed by atoms with Crippen LogP contribution in [0.2, 0.25) is 0 Å². The number of hydrogen-bond donors (Lipinski definition) is 0. The monoisotopic (exact) mass is 226 g/mol.